The Balaban J connectivity index is 0.00000162. The van der Waals surface area contributed by atoms with Crippen LogP contribution in [0, 0.1) is 13.8 Å². The van der Waals surface area contributed by atoms with Gasteiger partial charge in [0.05, 0.1) is 5.69 Å². The zero-order chi connectivity index (χ0) is 12.3. The van der Waals surface area contributed by atoms with Crippen molar-refractivity contribution in [3.8, 4) is 5.75 Å². The summed E-state index contributed by atoms with van der Waals surface area (Å²) >= 11 is 0. The normalized spacial score (nSPS) is 10.3. The Morgan fingerprint density at radius 2 is 1.61 bits per heavy atom. The Kier molecular flexibility index (Phi) is 4.60. The molecule has 0 atom stereocenters. The van der Waals surface area contributed by atoms with Gasteiger partial charge in [0.25, 0.3) is 0 Å². The predicted octanol–water partition coefficient (Wildman–Crippen LogP) is 5.06. The van der Waals surface area contributed by atoms with Gasteiger partial charge in [0, 0.05) is 0 Å². The van der Waals surface area contributed by atoms with E-state index in [1.54, 1.807) is 0 Å². The molecule has 3 heteroatoms. The van der Waals surface area contributed by atoms with Crippen molar-refractivity contribution in [1.29, 1.82) is 0 Å². The first-order chi connectivity index (χ1) is 8.16. The summed E-state index contributed by atoms with van der Waals surface area (Å²) in [5.74, 6) is 0.190. The van der Waals surface area contributed by atoms with E-state index in [2.05, 4.69) is 10.2 Å². The maximum Gasteiger partial charge on any atom is 0.146 e. The third-order valence-corrected chi connectivity index (χ3v) is 2.45. The summed E-state index contributed by atoms with van der Waals surface area (Å²) in [6.45, 7) is 3.82. The van der Waals surface area contributed by atoms with E-state index in [1.807, 2.05) is 56.3 Å². The smallest absolute Gasteiger partial charge is 0.146 e. The average Bonchev–Trinajstić information content (AvgIpc) is 2.33. The van der Waals surface area contributed by atoms with Crippen LogP contribution in [0.15, 0.2) is 52.7 Å². The minimum absolute atomic E-state index is 0. The molecule has 94 valence electrons. The van der Waals surface area contributed by atoms with Crippen LogP contribution in [0.5, 0.6) is 5.75 Å². The fourth-order valence-electron chi connectivity index (χ4n) is 1.62. The number of benzene rings is 2. The number of phenolic OH excluding ortho intramolecular Hbond substituents is 1. The molecule has 0 aromatic heterocycles. The number of hydrogen-bond acceptors (Lipinski definition) is 3. The Morgan fingerprint density at radius 1 is 0.944 bits per heavy atom. The highest BCUT2D eigenvalue weighted by Gasteiger charge is 2.04. The van der Waals surface area contributed by atoms with Crippen molar-refractivity contribution in [3.63, 3.8) is 0 Å². The van der Waals surface area contributed by atoms with Gasteiger partial charge < -0.3 is 5.11 Å². The predicted molar refractivity (Wildman–Crippen MR) is 74.9 cm³/mol. The molecule has 0 unspecified atom stereocenters. The molecule has 0 saturated carbocycles. The number of rotatable bonds is 2. The van der Waals surface area contributed by atoms with Crippen molar-refractivity contribution in [2.24, 2.45) is 10.2 Å². The molecule has 0 radical (unpaired) electrons. The second-order valence-electron chi connectivity index (χ2n) is 3.99. The van der Waals surface area contributed by atoms with Crippen LogP contribution in [-0.2, 0) is 0 Å². The molecule has 2 aromatic carbocycles. The number of nitrogens with zero attached hydrogens (tertiary/aromatic N) is 2. The van der Waals surface area contributed by atoms with E-state index in [4.69, 9.17) is 0 Å². The summed E-state index contributed by atoms with van der Waals surface area (Å²) in [6.07, 6.45) is 0. The maximum atomic E-state index is 9.85. The lowest BCUT2D eigenvalue weighted by atomic mass is 10.1. The molecule has 3 nitrogen and oxygen atoms in total. The minimum atomic E-state index is 0. The van der Waals surface area contributed by atoms with Crippen molar-refractivity contribution in [2.75, 3.05) is 0 Å². The van der Waals surface area contributed by atoms with Crippen LogP contribution >= 0.6 is 0 Å². The molecular weight excluding hydrogens is 224 g/mol. The molecule has 2 rings (SSSR count). The molecule has 0 aliphatic rings. The van der Waals surface area contributed by atoms with Crippen LogP contribution < -0.4 is 0 Å². The molecule has 0 heterocycles. The number of azo groups is 1. The van der Waals surface area contributed by atoms with E-state index in [0.717, 1.165) is 16.8 Å². The Labute approximate surface area is 108 Å². The van der Waals surface area contributed by atoms with E-state index in [-0.39, 0.29) is 13.2 Å². The van der Waals surface area contributed by atoms with Gasteiger partial charge in [-0.15, -0.1) is 5.11 Å². The van der Waals surface area contributed by atoms with Gasteiger partial charge >= 0.3 is 0 Å². The molecule has 0 aliphatic heterocycles. The summed E-state index contributed by atoms with van der Waals surface area (Å²) in [7, 11) is 0. The lowest BCUT2D eigenvalue weighted by molar-refractivity contribution is 0.472. The number of aromatic hydroxyl groups is 1. The first-order valence-electron chi connectivity index (χ1n) is 5.44. The van der Waals surface area contributed by atoms with Crippen LogP contribution in [0.25, 0.3) is 0 Å². The van der Waals surface area contributed by atoms with Gasteiger partial charge in [-0.25, -0.2) is 0 Å². The van der Waals surface area contributed by atoms with Crippen molar-refractivity contribution in [3.05, 3.63) is 53.6 Å². The highest BCUT2D eigenvalue weighted by atomic mass is 16.3. The summed E-state index contributed by atoms with van der Waals surface area (Å²) in [5, 5.41) is 18.0. The van der Waals surface area contributed by atoms with Gasteiger partial charge in [-0.1, -0.05) is 31.7 Å². The highest BCUT2D eigenvalue weighted by molar-refractivity contribution is 5.56. The summed E-state index contributed by atoms with van der Waals surface area (Å²) in [4.78, 5) is 0. The lowest BCUT2D eigenvalue weighted by Crippen LogP contribution is -1.78. The fourth-order valence-corrected chi connectivity index (χ4v) is 1.62. The number of hydrogen-bond donors (Lipinski definition) is 1. The second kappa shape index (κ2) is 5.96. The zero-order valence-corrected chi connectivity index (χ0v) is 9.88. The molecule has 0 aliphatic carbocycles. The average molecular weight is 242 g/mol. The topological polar surface area (TPSA) is 45.0 Å². The first kappa shape index (κ1) is 13.9. The van der Waals surface area contributed by atoms with Crippen LogP contribution in [0.4, 0.5) is 11.4 Å². The molecule has 1 N–H and O–H groups in total. The third-order valence-electron chi connectivity index (χ3n) is 2.45. The third kappa shape index (κ3) is 3.17. The Hall–Kier alpha value is -2.16. The van der Waals surface area contributed by atoms with E-state index in [0.29, 0.717) is 5.69 Å². The second-order valence-corrected chi connectivity index (χ2v) is 3.99. The number of aryl methyl sites for hydroxylation is 2. The van der Waals surface area contributed by atoms with Gasteiger partial charge in [0.15, 0.2) is 0 Å². The SMILES string of the molecule is C.Cc1cc(C)c(O)c(N=Nc2ccccc2)c1. The molecule has 0 amide bonds. The summed E-state index contributed by atoms with van der Waals surface area (Å²) in [6, 6.07) is 13.2. The number of phenols is 1. The van der Waals surface area contributed by atoms with Gasteiger partial charge in [-0.05, 0) is 43.2 Å². The molecule has 0 fully saturated rings. The van der Waals surface area contributed by atoms with Crippen molar-refractivity contribution in [1.82, 2.24) is 0 Å². The standard InChI is InChI=1S/C14H14N2O.CH4/c1-10-8-11(2)14(17)13(9-10)16-15-12-6-4-3-5-7-12;/h3-9,17H,1-2H3;1H4. The van der Waals surface area contributed by atoms with E-state index < -0.39 is 0 Å². The molecule has 0 spiro atoms. The summed E-state index contributed by atoms with van der Waals surface area (Å²) < 4.78 is 0. The summed E-state index contributed by atoms with van der Waals surface area (Å²) in [5.41, 5.74) is 3.15. The van der Waals surface area contributed by atoms with Crippen LogP contribution in [0.3, 0.4) is 0 Å². The maximum absolute atomic E-state index is 9.85. The van der Waals surface area contributed by atoms with Crippen molar-refractivity contribution >= 4 is 11.4 Å². The van der Waals surface area contributed by atoms with E-state index >= 15 is 0 Å². The van der Waals surface area contributed by atoms with Crippen molar-refractivity contribution in [2.45, 2.75) is 21.3 Å². The Bertz CT molecular complexity index is 548. The van der Waals surface area contributed by atoms with E-state index in [9.17, 15) is 5.11 Å². The highest BCUT2D eigenvalue weighted by Crippen LogP contribution is 2.32. The largest absolute Gasteiger partial charge is 0.505 e. The van der Waals surface area contributed by atoms with Gasteiger partial charge in [-0.2, -0.15) is 5.11 Å². The van der Waals surface area contributed by atoms with Crippen molar-refractivity contribution < 1.29 is 5.11 Å². The minimum Gasteiger partial charge on any atom is -0.505 e. The van der Waals surface area contributed by atoms with Crippen LogP contribution in [-0.4, -0.2) is 5.11 Å². The quantitative estimate of drug-likeness (QED) is 0.735. The Morgan fingerprint density at radius 3 is 2.28 bits per heavy atom. The monoisotopic (exact) mass is 242 g/mol. The molecule has 0 bridgehead atoms. The molecular formula is C15H18N2O. The lowest BCUT2D eigenvalue weighted by Gasteiger charge is -2.03. The van der Waals surface area contributed by atoms with Gasteiger partial charge in [0.1, 0.15) is 11.4 Å². The van der Waals surface area contributed by atoms with Gasteiger partial charge in [-0.3, -0.25) is 0 Å². The van der Waals surface area contributed by atoms with Crippen LogP contribution in [0.2, 0.25) is 0 Å². The van der Waals surface area contributed by atoms with E-state index in [1.165, 1.54) is 0 Å². The van der Waals surface area contributed by atoms with Gasteiger partial charge in [0.2, 0.25) is 0 Å². The molecule has 2 aromatic rings. The molecule has 0 saturated heterocycles. The fraction of sp³-hybridized carbons (Fsp3) is 0.200. The molecule has 18 heavy (non-hydrogen) atoms. The van der Waals surface area contributed by atoms with Crippen LogP contribution in [0.1, 0.15) is 18.6 Å². The first-order valence-corrected chi connectivity index (χ1v) is 5.44. The zero-order valence-electron chi connectivity index (χ0n) is 9.88.